The Morgan fingerprint density at radius 2 is 2.05 bits per heavy atom. The number of hydrogen-bond donors (Lipinski definition) is 1. The average Bonchev–Trinajstić information content (AvgIpc) is 2.91. The van der Waals surface area contributed by atoms with Crippen LogP contribution in [0.25, 0.3) is 0 Å². The second-order valence-electron chi connectivity index (χ2n) is 5.61. The van der Waals surface area contributed by atoms with Crippen molar-refractivity contribution in [1.29, 1.82) is 0 Å². The summed E-state index contributed by atoms with van der Waals surface area (Å²) in [6, 6.07) is 11.3. The Balaban J connectivity index is 1.94. The van der Waals surface area contributed by atoms with E-state index < -0.39 is 0 Å². The summed E-state index contributed by atoms with van der Waals surface area (Å²) in [5.74, 6) is 1.17. The van der Waals surface area contributed by atoms with Gasteiger partial charge in [-0.1, -0.05) is 43.7 Å². The number of benzene rings is 1. The van der Waals surface area contributed by atoms with Gasteiger partial charge in [-0.25, -0.2) is 0 Å². The van der Waals surface area contributed by atoms with Crippen LogP contribution in [0.2, 0.25) is 0 Å². The number of ether oxygens (including phenoxy) is 1. The fourth-order valence-electron chi connectivity index (χ4n) is 3.48. The Labute approximate surface area is 115 Å². The van der Waals surface area contributed by atoms with Crippen LogP contribution in [0.1, 0.15) is 38.2 Å². The highest BCUT2D eigenvalue weighted by Gasteiger charge is 2.47. The van der Waals surface area contributed by atoms with Crippen molar-refractivity contribution in [2.75, 3.05) is 13.2 Å². The molecule has 2 nitrogen and oxygen atoms in total. The van der Waals surface area contributed by atoms with Gasteiger partial charge in [0, 0.05) is 11.8 Å². The summed E-state index contributed by atoms with van der Waals surface area (Å²) < 4.78 is 5.87. The molecule has 1 aromatic rings. The van der Waals surface area contributed by atoms with E-state index in [9.17, 15) is 0 Å². The van der Waals surface area contributed by atoms with Gasteiger partial charge in [0.05, 0.1) is 12.6 Å². The fraction of sp³-hybridized carbons (Fsp3) is 0.529. The minimum absolute atomic E-state index is 0.243. The average molecular weight is 257 g/mol. The molecule has 1 aromatic carbocycles. The van der Waals surface area contributed by atoms with Gasteiger partial charge >= 0.3 is 0 Å². The van der Waals surface area contributed by atoms with Crippen molar-refractivity contribution in [3.63, 3.8) is 0 Å². The van der Waals surface area contributed by atoms with E-state index in [1.807, 2.05) is 0 Å². The van der Waals surface area contributed by atoms with E-state index in [1.165, 1.54) is 30.6 Å². The van der Waals surface area contributed by atoms with Crippen LogP contribution in [-0.2, 0) is 10.2 Å². The zero-order valence-electron chi connectivity index (χ0n) is 11.7. The van der Waals surface area contributed by atoms with Crippen LogP contribution in [-0.4, -0.2) is 19.2 Å². The zero-order chi connectivity index (χ0) is 13.1. The Bertz CT molecular complexity index is 448. The van der Waals surface area contributed by atoms with Crippen LogP contribution in [0.15, 0.2) is 42.2 Å². The van der Waals surface area contributed by atoms with Gasteiger partial charge in [0.2, 0.25) is 0 Å². The summed E-state index contributed by atoms with van der Waals surface area (Å²) in [5, 5.41) is 3.67. The highest BCUT2D eigenvalue weighted by Crippen LogP contribution is 2.48. The lowest BCUT2D eigenvalue weighted by Gasteiger charge is -2.48. The molecule has 0 saturated heterocycles. The molecule has 19 heavy (non-hydrogen) atoms. The lowest BCUT2D eigenvalue weighted by Crippen LogP contribution is -2.53. The molecule has 1 heterocycles. The first kappa shape index (κ1) is 12.7. The van der Waals surface area contributed by atoms with E-state index in [4.69, 9.17) is 4.74 Å². The van der Waals surface area contributed by atoms with E-state index >= 15 is 0 Å². The summed E-state index contributed by atoms with van der Waals surface area (Å²) in [4.78, 5) is 0. The van der Waals surface area contributed by atoms with Crippen molar-refractivity contribution in [3.05, 3.63) is 47.7 Å². The third-order valence-electron chi connectivity index (χ3n) is 4.57. The maximum Gasteiger partial charge on any atom is 0.110 e. The van der Waals surface area contributed by atoms with E-state index in [1.54, 1.807) is 0 Å². The largest absolute Gasteiger partial charge is 0.496 e. The standard InChI is InChI=1S/C17H23NO/c1-2-18-16(15-10-6-13-19-15)17(11-7-12-17)14-8-4-3-5-9-14/h3-5,8-10,16,18H,2,6-7,11-13H2,1H3. The summed E-state index contributed by atoms with van der Waals surface area (Å²) in [6.07, 6.45) is 7.17. The van der Waals surface area contributed by atoms with E-state index in [0.29, 0.717) is 6.04 Å². The van der Waals surface area contributed by atoms with E-state index in [2.05, 4.69) is 48.6 Å². The topological polar surface area (TPSA) is 21.3 Å². The summed E-state index contributed by atoms with van der Waals surface area (Å²) in [7, 11) is 0. The van der Waals surface area contributed by atoms with Crippen molar-refractivity contribution in [2.45, 2.75) is 44.1 Å². The molecule has 0 amide bonds. The van der Waals surface area contributed by atoms with Gasteiger partial charge in [-0.05, 0) is 31.0 Å². The monoisotopic (exact) mass is 257 g/mol. The molecule has 0 spiro atoms. The molecule has 1 N–H and O–H groups in total. The van der Waals surface area contributed by atoms with Gasteiger partial charge in [0.15, 0.2) is 0 Å². The normalized spacial score (nSPS) is 22.3. The third-order valence-corrected chi connectivity index (χ3v) is 4.57. The Morgan fingerprint density at radius 3 is 2.58 bits per heavy atom. The van der Waals surface area contributed by atoms with Crippen LogP contribution in [0.5, 0.6) is 0 Å². The van der Waals surface area contributed by atoms with Gasteiger partial charge in [0.1, 0.15) is 5.76 Å². The number of hydrogen-bond acceptors (Lipinski definition) is 2. The SMILES string of the molecule is CCNC(C1=CCCO1)C1(c2ccccc2)CCC1. The highest BCUT2D eigenvalue weighted by molar-refractivity contribution is 5.34. The van der Waals surface area contributed by atoms with Crippen LogP contribution in [0.3, 0.4) is 0 Å². The lowest BCUT2D eigenvalue weighted by molar-refractivity contribution is 0.128. The molecule has 1 saturated carbocycles. The molecule has 1 aliphatic carbocycles. The van der Waals surface area contributed by atoms with Crippen molar-refractivity contribution in [1.82, 2.24) is 5.32 Å². The van der Waals surface area contributed by atoms with Crippen LogP contribution in [0, 0.1) is 0 Å². The lowest BCUT2D eigenvalue weighted by atomic mass is 9.59. The second-order valence-corrected chi connectivity index (χ2v) is 5.61. The highest BCUT2D eigenvalue weighted by atomic mass is 16.5. The van der Waals surface area contributed by atoms with Gasteiger partial charge in [-0.15, -0.1) is 0 Å². The Hall–Kier alpha value is -1.28. The molecular formula is C17H23NO. The molecule has 1 fully saturated rings. The number of nitrogens with one attached hydrogen (secondary N) is 1. The van der Waals surface area contributed by atoms with Crippen molar-refractivity contribution in [2.24, 2.45) is 0 Å². The van der Waals surface area contributed by atoms with Crippen molar-refractivity contribution < 1.29 is 4.74 Å². The summed E-state index contributed by atoms with van der Waals surface area (Å²) in [5.41, 5.74) is 1.71. The first-order valence-corrected chi connectivity index (χ1v) is 7.48. The Kier molecular flexibility index (Phi) is 3.61. The third kappa shape index (κ3) is 2.18. The molecule has 3 rings (SSSR count). The van der Waals surface area contributed by atoms with Gasteiger partial charge in [-0.2, -0.15) is 0 Å². The zero-order valence-corrected chi connectivity index (χ0v) is 11.7. The molecule has 1 aliphatic heterocycles. The van der Waals surface area contributed by atoms with Crippen LogP contribution in [0.4, 0.5) is 0 Å². The smallest absolute Gasteiger partial charge is 0.110 e. The van der Waals surface area contributed by atoms with Crippen molar-refractivity contribution >= 4 is 0 Å². The maximum atomic E-state index is 5.87. The fourth-order valence-corrected chi connectivity index (χ4v) is 3.48. The van der Waals surface area contributed by atoms with Gasteiger partial charge in [-0.3, -0.25) is 0 Å². The van der Waals surface area contributed by atoms with E-state index in [-0.39, 0.29) is 5.41 Å². The minimum Gasteiger partial charge on any atom is -0.496 e. The molecule has 0 bridgehead atoms. The molecule has 2 aliphatic rings. The quantitative estimate of drug-likeness (QED) is 0.873. The summed E-state index contributed by atoms with van der Waals surface area (Å²) >= 11 is 0. The maximum absolute atomic E-state index is 5.87. The molecular weight excluding hydrogens is 234 g/mol. The van der Waals surface area contributed by atoms with Gasteiger partial charge in [0.25, 0.3) is 0 Å². The Morgan fingerprint density at radius 1 is 1.26 bits per heavy atom. The molecule has 1 atom stereocenters. The van der Waals surface area contributed by atoms with Crippen LogP contribution < -0.4 is 5.32 Å². The van der Waals surface area contributed by atoms with Crippen molar-refractivity contribution in [3.8, 4) is 0 Å². The van der Waals surface area contributed by atoms with E-state index in [0.717, 1.165) is 19.6 Å². The number of rotatable bonds is 5. The first-order valence-electron chi connectivity index (χ1n) is 7.48. The minimum atomic E-state index is 0.243. The molecule has 2 heteroatoms. The first-order chi connectivity index (χ1) is 9.37. The predicted octanol–water partition coefficient (Wildman–Crippen LogP) is 3.39. The van der Waals surface area contributed by atoms with Gasteiger partial charge < -0.3 is 10.1 Å². The molecule has 0 aromatic heterocycles. The van der Waals surface area contributed by atoms with Crippen LogP contribution >= 0.6 is 0 Å². The number of likely N-dealkylation sites (N-methyl/N-ethyl adjacent to an activating group) is 1. The molecule has 1 unspecified atom stereocenters. The molecule has 0 radical (unpaired) electrons. The summed E-state index contributed by atoms with van der Waals surface area (Å²) in [6.45, 7) is 4.02. The predicted molar refractivity (Wildman–Crippen MR) is 78.1 cm³/mol. The molecule has 102 valence electrons. The second kappa shape index (κ2) is 5.38.